The minimum absolute atomic E-state index is 0.350. The number of benzene rings is 2. The van der Waals surface area contributed by atoms with Gasteiger partial charge in [-0.15, -0.1) is 4.91 Å². The molecule has 0 unspecified atom stereocenters. The molecular formula is C18H13N3O. The number of hydrogen-bond donors (Lipinski definition) is 0. The SMILES string of the molecule is Cc1cccc2nc(-c3ccc4ccccc4c3)c(N=O)n12. The summed E-state index contributed by atoms with van der Waals surface area (Å²) in [6, 6.07) is 19.9. The van der Waals surface area contributed by atoms with Crippen LogP contribution < -0.4 is 0 Å². The van der Waals surface area contributed by atoms with Crippen molar-refractivity contribution in [1.29, 1.82) is 0 Å². The molecule has 4 aromatic rings. The third-order valence-corrected chi connectivity index (χ3v) is 3.92. The van der Waals surface area contributed by atoms with E-state index in [1.165, 1.54) is 0 Å². The van der Waals surface area contributed by atoms with E-state index in [0.717, 1.165) is 27.7 Å². The number of nitrogens with zero attached hydrogens (tertiary/aromatic N) is 3. The minimum atomic E-state index is 0.350. The molecule has 0 saturated heterocycles. The second kappa shape index (κ2) is 4.77. The van der Waals surface area contributed by atoms with Crippen molar-refractivity contribution in [3.63, 3.8) is 0 Å². The number of hydrogen-bond acceptors (Lipinski definition) is 3. The number of aryl methyl sites for hydroxylation is 1. The zero-order valence-electron chi connectivity index (χ0n) is 12.0. The molecule has 0 aliphatic rings. The molecule has 0 bridgehead atoms. The van der Waals surface area contributed by atoms with Crippen LogP contribution in [0.5, 0.6) is 0 Å². The summed E-state index contributed by atoms with van der Waals surface area (Å²) in [5.41, 5.74) is 3.19. The normalized spacial score (nSPS) is 11.1. The standard InChI is InChI=1S/C18H13N3O/c1-12-5-4-8-16-19-17(18(20-22)21(12)16)15-10-9-13-6-2-3-7-14(13)11-15/h2-11H,1H3. The van der Waals surface area contributed by atoms with Crippen LogP contribution in [0.2, 0.25) is 0 Å². The fourth-order valence-electron chi connectivity index (χ4n) is 2.85. The van der Waals surface area contributed by atoms with E-state index in [2.05, 4.69) is 16.2 Å². The summed E-state index contributed by atoms with van der Waals surface area (Å²) in [6.45, 7) is 1.94. The number of aromatic nitrogens is 2. The van der Waals surface area contributed by atoms with E-state index in [1.807, 2.05) is 61.5 Å². The van der Waals surface area contributed by atoms with Crippen LogP contribution in [0.4, 0.5) is 5.82 Å². The Bertz CT molecular complexity index is 1020. The Hall–Kier alpha value is -3.01. The number of fused-ring (bicyclic) bond motifs is 2. The van der Waals surface area contributed by atoms with Gasteiger partial charge in [0.25, 0.3) is 0 Å². The lowest BCUT2D eigenvalue weighted by atomic mass is 10.1. The average molecular weight is 287 g/mol. The van der Waals surface area contributed by atoms with E-state index in [1.54, 1.807) is 4.40 Å². The van der Waals surface area contributed by atoms with Crippen LogP contribution in [0, 0.1) is 11.8 Å². The molecule has 4 nitrogen and oxygen atoms in total. The predicted molar refractivity (Wildman–Crippen MR) is 88.3 cm³/mol. The van der Waals surface area contributed by atoms with Crippen molar-refractivity contribution >= 4 is 22.2 Å². The van der Waals surface area contributed by atoms with Crippen LogP contribution in [0.15, 0.2) is 65.8 Å². The van der Waals surface area contributed by atoms with E-state index >= 15 is 0 Å². The number of nitroso groups, excluding NO2 is 1. The number of pyridine rings is 1. The van der Waals surface area contributed by atoms with Gasteiger partial charge in [-0.1, -0.05) is 42.5 Å². The van der Waals surface area contributed by atoms with E-state index in [9.17, 15) is 4.91 Å². The van der Waals surface area contributed by atoms with E-state index in [0.29, 0.717) is 11.5 Å². The Morgan fingerprint density at radius 3 is 2.59 bits per heavy atom. The van der Waals surface area contributed by atoms with E-state index in [-0.39, 0.29) is 0 Å². The van der Waals surface area contributed by atoms with Crippen molar-refractivity contribution in [2.75, 3.05) is 0 Å². The molecule has 4 heteroatoms. The van der Waals surface area contributed by atoms with Crippen molar-refractivity contribution in [3.8, 4) is 11.3 Å². The van der Waals surface area contributed by atoms with Crippen LogP contribution in [-0.2, 0) is 0 Å². The lowest BCUT2D eigenvalue weighted by Gasteiger charge is -2.02. The summed E-state index contributed by atoms with van der Waals surface area (Å²) in [7, 11) is 0. The highest BCUT2D eigenvalue weighted by atomic mass is 16.3. The monoisotopic (exact) mass is 287 g/mol. The Balaban J connectivity index is 2.03. The lowest BCUT2D eigenvalue weighted by molar-refractivity contribution is 1.08. The molecule has 0 aliphatic carbocycles. The van der Waals surface area contributed by atoms with Crippen LogP contribution in [0.1, 0.15) is 5.69 Å². The highest BCUT2D eigenvalue weighted by Crippen LogP contribution is 2.33. The second-order valence-corrected chi connectivity index (χ2v) is 5.30. The second-order valence-electron chi connectivity index (χ2n) is 5.30. The molecule has 106 valence electrons. The molecule has 4 rings (SSSR count). The zero-order chi connectivity index (χ0) is 15.1. The van der Waals surface area contributed by atoms with Crippen molar-refractivity contribution in [1.82, 2.24) is 9.38 Å². The highest BCUT2D eigenvalue weighted by molar-refractivity contribution is 5.88. The van der Waals surface area contributed by atoms with Crippen molar-refractivity contribution < 1.29 is 0 Å². The molecule has 0 fully saturated rings. The summed E-state index contributed by atoms with van der Waals surface area (Å²) in [5.74, 6) is 0.350. The molecule has 0 spiro atoms. The summed E-state index contributed by atoms with van der Waals surface area (Å²) in [4.78, 5) is 16.0. The van der Waals surface area contributed by atoms with Gasteiger partial charge in [0, 0.05) is 11.3 Å². The first-order chi connectivity index (χ1) is 10.8. The van der Waals surface area contributed by atoms with Gasteiger partial charge in [-0.2, -0.15) is 0 Å². The zero-order valence-corrected chi connectivity index (χ0v) is 12.0. The molecule has 0 N–H and O–H groups in total. The highest BCUT2D eigenvalue weighted by Gasteiger charge is 2.16. The molecule has 2 aromatic heterocycles. The molecule has 2 aromatic carbocycles. The van der Waals surface area contributed by atoms with Gasteiger partial charge in [0.05, 0.1) is 0 Å². The van der Waals surface area contributed by atoms with E-state index < -0.39 is 0 Å². The first kappa shape index (κ1) is 12.7. The summed E-state index contributed by atoms with van der Waals surface area (Å²) >= 11 is 0. The predicted octanol–water partition coefficient (Wildman–Crippen LogP) is 4.86. The quantitative estimate of drug-likeness (QED) is 0.494. The first-order valence-corrected chi connectivity index (χ1v) is 7.08. The third-order valence-electron chi connectivity index (χ3n) is 3.92. The minimum Gasteiger partial charge on any atom is -0.278 e. The van der Waals surface area contributed by atoms with E-state index in [4.69, 9.17) is 0 Å². The number of imidazole rings is 1. The van der Waals surface area contributed by atoms with Gasteiger partial charge in [-0.25, -0.2) is 4.98 Å². The summed E-state index contributed by atoms with van der Waals surface area (Å²) < 4.78 is 1.79. The van der Waals surface area contributed by atoms with Gasteiger partial charge in [-0.05, 0) is 41.1 Å². The van der Waals surface area contributed by atoms with Gasteiger partial charge < -0.3 is 0 Å². The fraction of sp³-hybridized carbons (Fsp3) is 0.0556. The van der Waals surface area contributed by atoms with Crippen LogP contribution in [-0.4, -0.2) is 9.38 Å². The fourth-order valence-corrected chi connectivity index (χ4v) is 2.85. The van der Waals surface area contributed by atoms with Gasteiger partial charge in [0.15, 0.2) is 0 Å². The Kier molecular flexibility index (Phi) is 2.76. The maximum Gasteiger partial charge on any atom is 0.209 e. The molecule has 22 heavy (non-hydrogen) atoms. The molecule has 2 heterocycles. The maximum absolute atomic E-state index is 11.4. The van der Waals surface area contributed by atoms with Gasteiger partial charge in [0.1, 0.15) is 11.3 Å². The largest absolute Gasteiger partial charge is 0.278 e. The molecule has 0 atom stereocenters. The molecular weight excluding hydrogens is 274 g/mol. The average Bonchev–Trinajstić information content (AvgIpc) is 2.94. The molecule has 0 saturated carbocycles. The topological polar surface area (TPSA) is 46.7 Å². The lowest BCUT2D eigenvalue weighted by Crippen LogP contribution is -1.88. The Labute approximate surface area is 127 Å². The first-order valence-electron chi connectivity index (χ1n) is 7.08. The van der Waals surface area contributed by atoms with Crippen molar-refractivity contribution in [2.24, 2.45) is 5.18 Å². The Morgan fingerprint density at radius 2 is 1.77 bits per heavy atom. The smallest absolute Gasteiger partial charge is 0.209 e. The van der Waals surface area contributed by atoms with Crippen molar-refractivity contribution in [2.45, 2.75) is 6.92 Å². The van der Waals surface area contributed by atoms with Crippen LogP contribution >= 0.6 is 0 Å². The van der Waals surface area contributed by atoms with Gasteiger partial charge in [-0.3, -0.25) is 4.40 Å². The van der Waals surface area contributed by atoms with Crippen LogP contribution in [0.3, 0.4) is 0 Å². The third kappa shape index (κ3) is 1.81. The molecule has 0 amide bonds. The molecule has 0 aliphatic heterocycles. The van der Waals surface area contributed by atoms with Crippen LogP contribution in [0.25, 0.3) is 27.7 Å². The number of rotatable bonds is 2. The van der Waals surface area contributed by atoms with Crippen molar-refractivity contribution in [3.05, 3.63) is 71.3 Å². The Morgan fingerprint density at radius 1 is 0.955 bits per heavy atom. The maximum atomic E-state index is 11.4. The summed E-state index contributed by atoms with van der Waals surface area (Å²) in [5, 5.41) is 5.50. The van der Waals surface area contributed by atoms with Gasteiger partial charge >= 0.3 is 0 Å². The van der Waals surface area contributed by atoms with Gasteiger partial charge in [0.2, 0.25) is 5.82 Å². The summed E-state index contributed by atoms with van der Waals surface area (Å²) in [6.07, 6.45) is 0. The molecule has 0 radical (unpaired) electrons.